The first kappa shape index (κ1) is 17.4. The highest BCUT2D eigenvalue weighted by atomic mass is 79.9. The minimum absolute atomic E-state index is 0.225. The van der Waals surface area contributed by atoms with Crippen molar-refractivity contribution in [3.05, 3.63) is 46.3 Å². The van der Waals surface area contributed by atoms with Gasteiger partial charge in [-0.15, -0.1) is 0 Å². The van der Waals surface area contributed by atoms with Gasteiger partial charge < -0.3 is 19.2 Å². The number of nitrogens with one attached hydrogen (secondary N) is 1. The molecule has 0 bridgehead atoms. The van der Waals surface area contributed by atoms with E-state index in [2.05, 4.69) is 21.2 Å². The monoisotopic (exact) mass is 381 g/mol. The van der Waals surface area contributed by atoms with Crippen LogP contribution in [0, 0.1) is 0 Å². The predicted octanol–water partition coefficient (Wildman–Crippen LogP) is 4.33. The first-order chi connectivity index (χ1) is 11.1. The van der Waals surface area contributed by atoms with E-state index < -0.39 is 0 Å². The SMILES string of the molecule is CCOc1cc(Br)c([C@@H](C)NC(=O)c2ccco2)cc1OCC. The molecule has 0 saturated carbocycles. The molecule has 124 valence electrons. The molecule has 2 rings (SSSR count). The second kappa shape index (κ2) is 8.06. The van der Waals surface area contributed by atoms with Crippen molar-refractivity contribution in [1.29, 1.82) is 0 Å². The number of hydrogen-bond acceptors (Lipinski definition) is 4. The van der Waals surface area contributed by atoms with Crippen molar-refractivity contribution in [3.8, 4) is 11.5 Å². The van der Waals surface area contributed by atoms with Gasteiger partial charge >= 0.3 is 0 Å². The second-order valence-electron chi connectivity index (χ2n) is 4.86. The Kier molecular flexibility index (Phi) is 6.10. The predicted molar refractivity (Wildman–Crippen MR) is 91.1 cm³/mol. The van der Waals surface area contributed by atoms with Crippen LogP contribution in [0.5, 0.6) is 11.5 Å². The smallest absolute Gasteiger partial charge is 0.287 e. The minimum atomic E-state index is -0.263. The van der Waals surface area contributed by atoms with Crippen LogP contribution in [-0.2, 0) is 0 Å². The van der Waals surface area contributed by atoms with Crippen LogP contribution in [0.2, 0.25) is 0 Å². The highest BCUT2D eigenvalue weighted by Crippen LogP contribution is 2.36. The van der Waals surface area contributed by atoms with Crippen LogP contribution in [0.4, 0.5) is 0 Å². The molecule has 0 unspecified atom stereocenters. The number of amides is 1. The Hall–Kier alpha value is -1.95. The summed E-state index contributed by atoms with van der Waals surface area (Å²) in [6, 6.07) is 6.82. The third kappa shape index (κ3) is 4.28. The molecule has 6 heteroatoms. The van der Waals surface area contributed by atoms with Gasteiger partial charge in [0.15, 0.2) is 17.3 Å². The number of benzene rings is 1. The summed E-state index contributed by atoms with van der Waals surface area (Å²) in [4.78, 5) is 12.1. The third-order valence-electron chi connectivity index (χ3n) is 3.22. The fourth-order valence-electron chi connectivity index (χ4n) is 2.17. The Labute approximate surface area is 144 Å². The molecule has 0 fully saturated rings. The Morgan fingerprint density at radius 3 is 2.48 bits per heavy atom. The fraction of sp³-hybridized carbons (Fsp3) is 0.353. The Bertz CT molecular complexity index is 655. The molecule has 1 aromatic heterocycles. The van der Waals surface area contributed by atoms with E-state index in [1.54, 1.807) is 12.1 Å². The summed E-state index contributed by atoms with van der Waals surface area (Å²) in [6.45, 7) is 6.82. The summed E-state index contributed by atoms with van der Waals surface area (Å²) in [5.74, 6) is 1.35. The maximum atomic E-state index is 12.1. The van der Waals surface area contributed by atoms with Gasteiger partial charge in [0.25, 0.3) is 5.91 Å². The van der Waals surface area contributed by atoms with E-state index in [1.165, 1.54) is 6.26 Å². The molecule has 0 aliphatic heterocycles. The topological polar surface area (TPSA) is 60.7 Å². The summed E-state index contributed by atoms with van der Waals surface area (Å²) in [7, 11) is 0. The lowest BCUT2D eigenvalue weighted by Gasteiger charge is -2.19. The van der Waals surface area contributed by atoms with Crippen molar-refractivity contribution in [2.24, 2.45) is 0 Å². The van der Waals surface area contributed by atoms with Gasteiger partial charge in [-0.3, -0.25) is 4.79 Å². The largest absolute Gasteiger partial charge is 0.490 e. The van der Waals surface area contributed by atoms with Gasteiger partial charge in [0.05, 0.1) is 25.5 Å². The summed E-state index contributed by atoms with van der Waals surface area (Å²) in [5.41, 5.74) is 0.900. The van der Waals surface area contributed by atoms with Crippen LogP contribution in [-0.4, -0.2) is 19.1 Å². The van der Waals surface area contributed by atoms with Crippen LogP contribution in [0.15, 0.2) is 39.4 Å². The van der Waals surface area contributed by atoms with Crippen molar-refractivity contribution >= 4 is 21.8 Å². The maximum Gasteiger partial charge on any atom is 0.287 e. The zero-order valence-corrected chi connectivity index (χ0v) is 15.0. The van der Waals surface area contributed by atoms with E-state index in [4.69, 9.17) is 13.9 Å². The molecule has 0 aliphatic rings. The average molecular weight is 382 g/mol. The van der Waals surface area contributed by atoms with E-state index in [1.807, 2.05) is 32.9 Å². The zero-order valence-electron chi connectivity index (χ0n) is 13.4. The van der Waals surface area contributed by atoms with Gasteiger partial charge in [-0.25, -0.2) is 0 Å². The van der Waals surface area contributed by atoms with Gasteiger partial charge in [0, 0.05) is 4.47 Å². The summed E-state index contributed by atoms with van der Waals surface area (Å²) < 4.78 is 17.2. The maximum absolute atomic E-state index is 12.1. The van der Waals surface area contributed by atoms with E-state index >= 15 is 0 Å². The Morgan fingerprint density at radius 1 is 1.26 bits per heavy atom. The summed E-state index contributed by atoms with van der Waals surface area (Å²) >= 11 is 3.53. The molecule has 23 heavy (non-hydrogen) atoms. The van der Waals surface area contributed by atoms with Crippen molar-refractivity contribution < 1.29 is 18.7 Å². The van der Waals surface area contributed by atoms with Gasteiger partial charge in [-0.2, -0.15) is 0 Å². The summed E-state index contributed by atoms with van der Waals surface area (Å²) in [6.07, 6.45) is 1.47. The fourth-order valence-corrected chi connectivity index (χ4v) is 2.84. The summed E-state index contributed by atoms with van der Waals surface area (Å²) in [5, 5.41) is 2.90. The number of rotatable bonds is 7. The van der Waals surface area contributed by atoms with Crippen molar-refractivity contribution in [3.63, 3.8) is 0 Å². The number of halogens is 1. The number of furan rings is 1. The zero-order chi connectivity index (χ0) is 16.8. The molecule has 1 aromatic carbocycles. The highest BCUT2D eigenvalue weighted by Gasteiger charge is 2.18. The van der Waals surface area contributed by atoms with Gasteiger partial charge in [-0.05, 0) is 50.6 Å². The van der Waals surface area contributed by atoms with Crippen LogP contribution >= 0.6 is 15.9 Å². The molecule has 1 heterocycles. The average Bonchev–Trinajstić information content (AvgIpc) is 3.04. The lowest BCUT2D eigenvalue weighted by Crippen LogP contribution is -2.26. The van der Waals surface area contributed by atoms with Crippen LogP contribution in [0.25, 0.3) is 0 Å². The van der Waals surface area contributed by atoms with E-state index in [-0.39, 0.29) is 17.7 Å². The standard InChI is InChI=1S/C17H20BrNO4/c1-4-21-15-9-12(13(18)10-16(15)22-5-2)11(3)19-17(20)14-7-6-8-23-14/h6-11H,4-5H2,1-3H3,(H,19,20)/t11-/m1/s1. The number of ether oxygens (including phenoxy) is 2. The number of carbonyl (C=O) groups excluding carboxylic acids is 1. The molecular formula is C17H20BrNO4. The van der Waals surface area contributed by atoms with E-state index in [0.717, 1.165) is 10.0 Å². The number of hydrogen-bond donors (Lipinski definition) is 1. The van der Waals surface area contributed by atoms with Crippen molar-refractivity contribution in [1.82, 2.24) is 5.32 Å². The minimum Gasteiger partial charge on any atom is -0.490 e. The van der Waals surface area contributed by atoms with Gasteiger partial charge in [-0.1, -0.05) is 15.9 Å². The highest BCUT2D eigenvalue weighted by molar-refractivity contribution is 9.10. The number of carbonyl (C=O) groups is 1. The molecule has 0 saturated heterocycles. The molecule has 1 N–H and O–H groups in total. The molecule has 0 spiro atoms. The molecule has 1 atom stereocenters. The van der Waals surface area contributed by atoms with Crippen molar-refractivity contribution in [2.45, 2.75) is 26.8 Å². The van der Waals surface area contributed by atoms with Crippen LogP contribution < -0.4 is 14.8 Å². The third-order valence-corrected chi connectivity index (χ3v) is 3.91. The first-order valence-electron chi connectivity index (χ1n) is 7.50. The quantitative estimate of drug-likeness (QED) is 0.774. The first-order valence-corrected chi connectivity index (χ1v) is 8.29. The Morgan fingerprint density at radius 2 is 1.91 bits per heavy atom. The van der Waals surface area contributed by atoms with E-state index in [9.17, 15) is 4.79 Å². The molecule has 2 aromatic rings. The molecule has 0 aliphatic carbocycles. The lowest BCUT2D eigenvalue weighted by atomic mass is 10.1. The molecule has 5 nitrogen and oxygen atoms in total. The molecular weight excluding hydrogens is 362 g/mol. The van der Waals surface area contributed by atoms with Crippen molar-refractivity contribution in [2.75, 3.05) is 13.2 Å². The molecule has 1 amide bonds. The van der Waals surface area contributed by atoms with Crippen LogP contribution in [0.1, 0.15) is 42.9 Å². The lowest BCUT2D eigenvalue weighted by molar-refractivity contribution is 0.0911. The van der Waals surface area contributed by atoms with E-state index in [0.29, 0.717) is 24.7 Å². The van der Waals surface area contributed by atoms with Gasteiger partial charge in [0.1, 0.15) is 0 Å². The normalized spacial score (nSPS) is 11.8. The second-order valence-corrected chi connectivity index (χ2v) is 5.71. The van der Waals surface area contributed by atoms with Gasteiger partial charge in [0.2, 0.25) is 0 Å². The van der Waals surface area contributed by atoms with Crippen LogP contribution in [0.3, 0.4) is 0 Å². The Balaban J connectivity index is 2.23. The molecule has 0 radical (unpaired) electrons.